The molecule has 1 saturated heterocycles. The van der Waals surface area contributed by atoms with Gasteiger partial charge >= 0.3 is 18.2 Å². The number of imide groups is 1. The molecule has 0 saturated carbocycles. The van der Waals surface area contributed by atoms with Crippen molar-refractivity contribution >= 4 is 23.6 Å². The summed E-state index contributed by atoms with van der Waals surface area (Å²) in [7, 11) is 0. The molecule has 3 rings (SSSR count). The third-order valence-corrected chi connectivity index (χ3v) is 4.86. The zero-order chi connectivity index (χ0) is 23.6. The van der Waals surface area contributed by atoms with Crippen LogP contribution in [0.5, 0.6) is 5.75 Å². The summed E-state index contributed by atoms with van der Waals surface area (Å²) in [6.45, 7) is 0.708. The van der Waals surface area contributed by atoms with Gasteiger partial charge in [-0.1, -0.05) is 12.1 Å². The number of benzene rings is 2. The van der Waals surface area contributed by atoms with Gasteiger partial charge in [-0.3, -0.25) is 19.4 Å². The molecule has 0 aromatic heterocycles. The predicted molar refractivity (Wildman–Crippen MR) is 103 cm³/mol. The molecule has 1 unspecified atom stereocenters. The summed E-state index contributed by atoms with van der Waals surface area (Å²) in [4.78, 5) is 38.6. The van der Waals surface area contributed by atoms with E-state index in [1.54, 1.807) is 6.92 Å². The molecule has 1 aliphatic rings. The number of ether oxygens (including phenoxy) is 1. The van der Waals surface area contributed by atoms with Crippen LogP contribution in [0.25, 0.3) is 0 Å². The van der Waals surface area contributed by atoms with Gasteiger partial charge in [-0.15, -0.1) is 0 Å². The van der Waals surface area contributed by atoms with Crippen molar-refractivity contribution in [3.05, 3.63) is 59.4 Å². The van der Waals surface area contributed by atoms with Crippen LogP contribution in [0.15, 0.2) is 42.5 Å². The minimum atomic E-state index is -5.08. The number of halogens is 4. The van der Waals surface area contributed by atoms with Crippen LogP contribution >= 0.6 is 0 Å². The average molecular weight is 454 g/mol. The van der Waals surface area contributed by atoms with Crippen LogP contribution in [0.1, 0.15) is 18.1 Å². The smallest absolute Gasteiger partial charge is 0.419 e. The van der Waals surface area contributed by atoms with Crippen LogP contribution in [0.3, 0.4) is 0 Å². The van der Waals surface area contributed by atoms with E-state index in [-0.39, 0.29) is 5.69 Å². The summed E-state index contributed by atoms with van der Waals surface area (Å²) in [5, 5.41) is 9.44. The van der Waals surface area contributed by atoms with E-state index in [0.717, 1.165) is 17.0 Å². The quantitative estimate of drug-likeness (QED) is 0.528. The summed E-state index contributed by atoms with van der Waals surface area (Å²) in [5.41, 5.74) is -2.07. The maximum absolute atomic E-state index is 13.9. The Morgan fingerprint density at radius 3 is 2.38 bits per heavy atom. The average Bonchev–Trinajstić information content (AvgIpc) is 2.71. The largest absolute Gasteiger partial charge is 0.494 e. The van der Waals surface area contributed by atoms with Crippen molar-refractivity contribution in [3.63, 3.8) is 0 Å². The predicted octanol–water partition coefficient (Wildman–Crippen LogP) is 3.91. The van der Waals surface area contributed by atoms with Gasteiger partial charge in [0.1, 0.15) is 11.6 Å². The molecule has 0 spiro atoms. The van der Waals surface area contributed by atoms with Gasteiger partial charge < -0.3 is 9.84 Å². The fourth-order valence-corrected chi connectivity index (χ4v) is 3.39. The van der Waals surface area contributed by atoms with E-state index in [4.69, 9.17) is 4.74 Å². The minimum absolute atomic E-state index is 0.220. The Kier molecular flexibility index (Phi) is 6.37. The van der Waals surface area contributed by atoms with Gasteiger partial charge in [0.25, 0.3) is 0 Å². The van der Waals surface area contributed by atoms with Crippen molar-refractivity contribution < 1.29 is 41.8 Å². The Bertz CT molecular complexity index is 1040. The second kappa shape index (κ2) is 8.85. The van der Waals surface area contributed by atoms with E-state index in [0.29, 0.717) is 23.3 Å². The number of aliphatic carboxylic acids is 1. The molecule has 2 aromatic rings. The topological polar surface area (TPSA) is 87.2 Å². The minimum Gasteiger partial charge on any atom is -0.494 e. The van der Waals surface area contributed by atoms with Gasteiger partial charge in [-0.2, -0.15) is 13.2 Å². The highest BCUT2D eigenvalue weighted by molar-refractivity contribution is 6.12. The van der Waals surface area contributed by atoms with Crippen molar-refractivity contribution in [2.24, 2.45) is 5.92 Å². The van der Waals surface area contributed by atoms with Crippen LogP contribution < -0.4 is 9.64 Å². The molecule has 0 bridgehead atoms. The first-order chi connectivity index (χ1) is 15.0. The Labute approximate surface area is 179 Å². The zero-order valence-corrected chi connectivity index (χ0v) is 16.7. The summed E-state index contributed by atoms with van der Waals surface area (Å²) in [6.07, 6.45) is -5.08. The molecule has 1 heterocycles. The summed E-state index contributed by atoms with van der Waals surface area (Å²) >= 11 is 0. The van der Waals surface area contributed by atoms with Crippen molar-refractivity contribution in [2.45, 2.75) is 19.6 Å². The fraction of sp³-hybridized carbons (Fsp3) is 0.286. The molecule has 1 fully saturated rings. The molecule has 1 N–H and O–H groups in total. The first-order valence-corrected chi connectivity index (χ1v) is 9.47. The number of hydrogen-bond acceptors (Lipinski definition) is 4. The lowest BCUT2D eigenvalue weighted by Gasteiger charge is -2.37. The fourth-order valence-electron chi connectivity index (χ4n) is 3.39. The number of urea groups is 1. The molecule has 2 aromatic carbocycles. The number of alkyl halides is 3. The van der Waals surface area contributed by atoms with Crippen LogP contribution in [-0.2, 0) is 22.3 Å². The maximum Gasteiger partial charge on any atom is 0.419 e. The lowest BCUT2D eigenvalue weighted by Crippen LogP contribution is -2.58. The number of nitrogens with zero attached hydrogens (tertiary/aromatic N) is 2. The summed E-state index contributed by atoms with van der Waals surface area (Å²) < 4.78 is 59.3. The van der Waals surface area contributed by atoms with Gasteiger partial charge in [0.15, 0.2) is 5.92 Å². The highest BCUT2D eigenvalue weighted by Gasteiger charge is 2.45. The molecule has 0 aliphatic carbocycles. The lowest BCUT2D eigenvalue weighted by molar-refractivity contribution is -0.151. The number of anilines is 1. The molecule has 7 nitrogen and oxygen atoms in total. The number of hydrogen-bond donors (Lipinski definition) is 1. The van der Waals surface area contributed by atoms with Gasteiger partial charge in [0.2, 0.25) is 5.91 Å². The number of carbonyl (C=O) groups excluding carboxylic acids is 2. The normalized spacial score (nSPS) is 17.0. The molecule has 1 aliphatic heterocycles. The van der Waals surface area contributed by atoms with Crippen LogP contribution in [0, 0.1) is 11.7 Å². The SMILES string of the molecule is CCOc1ccc(N2CC(C(=O)O)C(=O)N(Cc3cccc(F)c3C(F)(F)F)C2=O)cc1. The molecule has 1 atom stereocenters. The van der Waals surface area contributed by atoms with E-state index < -0.39 is 60.0 Å². The number of amides is 3. The van der Waals surface area contributed by atoms with Crippen LogP contribution in [0.2, 0.25) is 0 Å². The second-order valence-corrected chi connectivity index (χ2v) is 6.91. The first kappa shape index (κ1) is 23.0. The van der Waals surface area contributed by atoms with Gasteiger partial charge in [0.05, 0.1) is 18.7 Å². The monoisotopic (exact) mass is 454 g/mol. The highest BCUT2D eigenvalue weighted by Crippen LogP contribution is 2.35. The number of carbonyl (C=O) groups is 3. The standard InChI is InChI=1S/C21H18F4N2O5/c1-2-32-14-8-6-13(7-9-14)26-11-15(19(29)30)18(28)27(20(26)31)10-12-4-3-5-16(22)17(12)21(23,24)25/h3-9,15H,2,10-11H2,1H3,(H,29,30). The molecule has 0 radical (unpaired) electrons. The number of rotatable bonds is 6. The van der Waals surface area contributed by atoms with E-state index >= 15 is 0 Å². The Balaban J connectivity index is 2.00. The van der Waals surface area contributed by atoms with Gasteiger partial charge in [-0.25, -0.2) is 9.18 Å². The van der Waals surface area contributed by atoms with E-state index in [2.05, 4.69) is 0 Å². The van der Waals surface area contributed by atoms with Crippen LogP contribution in [-0.4, -0.2) is 41.1 Å². The molecule has 11 heteroatoms. The first-order valence-electron chi connectivity index (χ1n) is 9.47. The van der Waals surface area contributed by atoms with Crippen molar-refractivity contribution in [1.29, 1.82) is 0 Å². The van der Waals surface area contributed by atoms with Crippen molar-refractivity contribution in [3.8, 4) is 5.75 Å². The van der Waals surface area contributed by atoms with Gasteiger partial charge in [0, 0.05) is 12.2 Å². The zero-order valence-electron chi connectivity index (χ0n) is 16.7. The molecule has 3 amide bonds. The molecule has 170 valence electrons. The van der Waals surface area contributed by atoms with Crippen molar-refractivity contribution in [1.82, 2.24) is 4.90 Å². The van der Waals surface area contributed by atoms with Crippen molar-refractivity contribution in [2.75, 3.05) is 18.1 Å². The Hall–Kier alpha value is -3.63. The number of carboxylic acids is 1. The van der Waals surface area contributed by atoms with Gasteiger partial charge in [-0.05, 0) is 42.8 Å². The number of carboxylic acid groups (broad SMARTS) is 1. The van der Waals surface area contributed by atoms with E-state index in [1.165, 1.54) is 24.3 Å². The summed E-state index contributed by atoms with van der Waals surface area (Å²) in [5.74, 6) is -5.51. The van der Waals surface area contributed by atoms with E-state index in [9.17, 15) is 37.1 Å². The molecular formula is C21H18F4N2O5. The molecule has 32 heavy (non-hydrogen) atoms. The Morgan fingerprint density at radius 1 is 1.16 bits per heavy atom. The van der Waals surface area contributed by atoms with Crippen LogP contribution in [0.4, 0.5) is 28.0 Å². The lowest BCUT2D eigenvalue weighted by atomic mass is 10.0. The highest BCUT2D eigenvalue weighted by atomic mass is 19.4. The molecular weight excluding hydrogens is 436 g/mol. The Morgan fingerprint density at radius 2 is 1.81 bits per heavy atom. The maximum atomic E-state index is 13.9. The third-order valence-electron chi connectivity index (χ3n) is 4.86. The second-order valence-electron chi connectivity index (χ2n) is 6.91. The van der Waals surface area contributed by atoms with E-state index in [1.807, 2.05) is 0 Å². The third kappa shape index (κ3) is 4.51. The summed E-state index contributed by atoms with van der Waals surface area (Å²) in [6, 6.07) is 7.49.